The summed E-state index contributed by atoms with van der Waals surface area (Å²) in [6.45, 7) is 3.27. The lowest BCUT2D eigenvalue weighted by atomic mass is 10.0. The molecule has 26 heavy (non-hydrogen) atoms. The number of nitrogens with zero attached hydrogens (tertiary/aromatic N) is 2. The molecule has 2 fully saturated rings. The van der Waals surface area contributed by atoms with E-state index in [1.54, 1.807) is 22.1 Å². The van der Waals surface area contributed by atoms with Crippen LogP contribution in [-0.2, 0) is 17.1 Å². The zero-order valence-corrected chi connectivity index (χ0v) is 16.7. The summed E-state index contributed by atoms with van der Waals surface area (Å²) in [6.07, 6.45) is 10.1. The van der Waals surface area contributed by atoms with Crippen LogP contribution in [-0.4, -0.2) is 42.3 Å². The lowest BCUT2D eigenvalue weighted by Crippen LogP contribution is -2.37. The third kappa shape index (κ3) is 4.31. The van der Waals surface area contributed by atoms with Gasteiger partial charge in [-0.2, -0.15) is 4.31 Å². The smallest absolute Gasteiger partial charge is 0.268 e. The van der Waals surface area contributed by atoms with Crippen molar-refractivity contribution in [2.75, 3.05) is 13.1 Å². The molecule has 0 atom stereocenters. The molecular weight excluding hydrogens is 350 g/mol. The van der Waals surface area contributed by atoms with E-state index < -0.39 is 10.0 Å². The molecule has 0 aromatic carbocycles. The average molecular weight is 382 g/mol. The Morgan fingerprint density at radius 3 is 2.31 bits per heavy atom. The van der Waals surface area contributed by atoms with Crippen molar-refractivity contribution in [1.29, 1.82) is 0 Å². The number of nitrogens with one attached hydrogen (secondary N) is 1. The molecule has 1 aliphatic heterocycles. The van der Waals surface area contributed by atoms with E-state index in [9.17, 15) is 13.2 Å². The number of hydrogen-bond donors (Lipinski definition) is 1. The first-order valence-corrected chi connectivity index (χ1v) is 11.3. The Morgan fingerprint density at radius 1 is 1.08 bits per heavy atom. The molecule has 7 heteroatoms. The van der Waals surface area contributed by atoms with Crippen molar-refractivity contribution in [3.63, 3.8) is 0 Å². The number of piperidine rings is 1. The van der Waals surface area contributed by atoms with Crippen LogP contribution in [0, 0.1) is 5.92 Å². The summed E-state index contributed by atoms with van der Waals surface area (Å²) < 4.78 is 29.0. The van der Waals surface area contributed by atoms with Crippen molar-refractivity contribution in [2.24, 2.45) is 13.0 Å². The van der Waals surface area contributed by atoms with E-state index >= 15 is 0 Å². The van der Waals surface area contributed by atoms with Crippen LogP contribution < -0.4 is 5.32 Å². The van der Waals surface area contributed by atoms with Gasteiger partial charge in [0.1, 0.15) is 10.6 Å². The van der Waals surface area contributed by atoms with Crippen LogP contribution in [0.5, 0.6) is 0 Å². The largest absolute Gasteiger partial charge is 0.348 e. The van der Waals surface area contributed by atoms with Gasteiger partial charge >= 0.3 is 0 Å². The van der Waals surface area contributed by atoms with Crippen molar-refractivity contribution in [1.82, 2.24) is 14.2 Å². The second-order valence-corrected chi connectivity index (χ2v) is 9.86. The predicted octanol–water partition coefficient (Wildman–Crippen LogP) is 2.90. The fraction of sp³-hybridized carbons (Fsp3) is 0.737. The SMILES string of the molecule is CC1CCN(S(=O)(=O)c2cc(C(=O)NC3CCCCCC3)n(C)c2)CC1. The second kappa shape index (κ2) is 8.13. The third-order valence-electron chi connectivity index (χ3n) is 5.78. The third-order valence-corrected chi connectivity index (χ3v) is 7.65. The number of rotatable bonds is 4. The fourth-order valence-electron chi connectivity index (χ4n) is 3.96. The highest BCUT2D eigenvalue weighted by Crippen LogP contribution is 2.25. The molecule has 1 saturated carbocycles. The van der Waals surface area contributed by atoms with Crippen molar-refractivity contribution < 1.29 is 13.2 Å². The minimum Gasteiger partial charge on any atom is -0.348 e. The van der Waals surface area contributed by atoms with Gasteiger partial charge in [0.15, 0.2) is 0 Å². The number of amides is 1. The van der Waals surface area contributed by atoms with Gasteiger partial charge in [-0.05, 0) is 37.7 Å². The van der Waals surface area contributed by atoms with Crippen LogP contribution in [0.2, 0.25) is 0 Å². The van der Waals surface area contributed by atoms with E-state index in [1.165, 1.54) is 18.9 Å². The maximum atomic E-state index is 12.9. The number of aryl methyl sites for hydroxylation is 1. The lowest BCUT2D eigenvalue weighted by Gasteiger charge is -2.29. The van der Waals surface area contributed by atoms with E-state index in [2.05, 4.69) is 12.2 Å². The van der Waals surface area contributed by atoms with Crippen molar-refractivity contribution in [3.05, 3.63) is 18.0 Å². The zero-order chi connectivity index (χ0) is 18.7. The maximum absolute atomic E-state index is 12.9. The van der Waals surface area contributed by atoms with Gasteiger partial charge in [0.05, 0.1) is 0 Å². The standard InChI is InChI=1S/C19H31N3O3S/c1-15-9-11-22(12-10-15)26(24,25)17-13-18(21(2)14-17)19(23)20-16-7-5-3-4-6-8-16/h13-16H,3-12H2,1-2H3,(H,20,23). The molecule has 1 aromatic rings. The summed E-state index contributed by atoms with van der Waals surface area (Å²) in [4.78, 5) is 12.9. The van der Waals surface area contributed by atoms with Gasteiger partial charge in [0, 0.05) is 32.4 Å². The highest BCUT2D eigenvalue weighted by Gasteiger charge is 2.30. The summed E-state index contributed by atoms with van der Waals surface area (Å²) >= 11 is 0. The van der Waals surface area contributed by atoms with Crippen molar-refractivity contribution in [3.8, 4) is 0 Å². The molecule has 146 valence electrons. The van der Waals surface area contributed by atoms with Gasteiger partial charge < -0.3 is 9.88 Å². The highest BCUT2D eigenvalue weighted by molar-refractivity contribution is 7.89. The number of carbonyl (C=O) groups excluding carboxylic acids is 1. The monoisotopic (exact) mass is 381 g/mol. The lowest BCUT2D eigenvalue weighted by molar-refractivity contribution is 0.0925. The average Bonchev–Trinajstić information content (AvgIpc) is 2.83. The molecule has 6 nitrogen and oxygen atoms in total. The topological polar surface area (TPSA) is 71.4 Å². The normalized spacial score (nSPS) is 21.5. The van der Waals surface area contributed by atoms with Gasteiger partial charge in [0.25, 0.3) is 5.91 Å². The second-order valence-electron chi connectivity index (χ2n) is 7.92. The van der Waals surface area contributed by atoms with Crippen LogP contribution in [0.15, 0.2) is 17.2 Å². The first-order chi connectivity index (χ1) is 12.4. The molecule has 0 bridgehead atoms. The molecule has 0 radical (unpaired) electrons. The minimum absolute atomic E-state index is 0.173. The van der Waals surface area contributed by atoms with Crippen LogP contribution in [0.3, 0.4) is 0 Å². The van der Waals surface area contributed by atoms with Gasteiger partial charge in [-0.3, -0.25) is 4.79 Å². The van der Waals surface area contributed by atoms with E-state index in [0.717, 1.165) is 38.5 Å². The van der Waals surface area contributed by atoms with E-state index in [1.807, 2.05) is 0 Å². The molecule has 0 spiro atoms. The molecule has 2 aliphatic rings. The summed E-state index contributed by atoms with van der Waals surface area (Å²) in [6, 6.07) is 1.72. The predicted molar refractivity (Wildman–Crippen MR) is 102 cm³/mol. The van der Waals surface area contributed by atoms with Crippen LogP contribution in [0.1, 0.15) is 68.8 Å². The van der Waals surface area contributed by atoms with Crippen LogP contribution in [0.25, 0.3) is 0 Å². The maximum Gasteiger partial charge on any atom is 0.268 e. The number of carbonyl (C=O) groups is 1. The molecule has 1 aromatic heterocycles. The molecule has 1 N–H and O–H groups in total. The first kappa shape index (κ1) is 19.4. The molecule has 1 amide bonds. The Labute approximate surface area is 157 Å². The summed E-state index contributed by atoms with van der Waals surface area (Å²) in [5, 5.41) is 3.10. The van der Waals surface area contributed by atoms with E-state index in [0.29, 0.717) is 24.7 Å². The number of aromatic nitrogens is 1. The summed E-state index contributed by atoms with van der Waals surface area (Å²) in [5.74, 6) is 0.395. The van der Waals surface area contributed by atoms with Crippen molar-refractivity contribution >= 4 is 15.9 Å². The quantitative estimate of drug-likeness (QED) is 0.815. The molecule has 1 saturated heterocycles. The van der Waals surface area contributed by atoms with Gasteiger partial charge in [-0.1, -0.05) is 32.6 Å². The Bertz CT molecular complexity index is 725. The zero-order valence-electron chi connectivity index (χ0n) is 15.9. The minimum atomic E-state index is -3.53. The van der Waals surface area contributed by atoms with Crippen LogP contribution in [0.4, 0.5) is 0 Å². The van der Waals surface area contributed by atoms with Gasteiger partial charge in [-0.25, -0.2) is 8.42 Å². The summed E-state index contributed by atoms with van der Waals surface area (Å²) in [5.41, 5.74) is 0.415. The Hall–Kier alpha value is -1.34. The molecule has 0 unspecified atom stereocenters. The Morgan fingerprint density at radius 2 is 1.69 bits per heavy atom. The summed E-state index contributed by atoms with van der Waals surface area (Å²) in [7, 11) is -1.79. The van der Waals surface area contributed by atoms with E-state index in [-0.39, 0.29) is 16.8 Å². The van der Waals surface area contributed by atoms with Gasteiger partial charge in [-0.15, -0.1) is 0 Å². The number of hydrogen-bond acceptors (Lipinski definition) is 3. The van der Waals surface area contributed by atoms with Crippen LogP contribution >= 0.6 is 0 Å². The number of sulfonamides is 1. The molecule has 1 aliphatic carbocycles. The van der Waals surface area contributed by atoms with Crippen molar-refractivity contribution in [2.45, 2.75) is 69.2 Å². The molecular formula is C19H31N3O3S. The first-order valence-electron chi connectivity index (χ1n) is 9.85. The molecule has 2 heterocycles. The Balaban J connectivity index is 1.72. The fourth-order valence-corrected chi connectivity index (χ4v) is 5.50. The molecule has 3 rings (SSSR count). The van der Waals surface area contributed by atoms with Gasteiger partial charge in [0.2, 0.25) is 10.0 Å². The highest BCUT2D eigenvalue weighted by atomic mass is 32.2. The Kier molecular flexibility index (Phi) is 6.07. The van der Waals surface area contributed by atoms with E-state index in [4.69, 9.17) is 0 Å².